The van der Waals surface area contributed by atoms with Gasteiger partial charge < -0.3 is 4.42 Å². The van der Waals surface area contributed by atoms with Crippen LogP contribution in [0.15, 0.2) is 57.7 Å². The smallest absolute Gasteiger partial charge is 0.196 e. The zero-order chi connectivity index (χ0) is 15.1. The number of fused-ring (bicyclic) bond motifs is 2. The van der Waals surface area contributed by atoms with Crippen LogP contribution in [0.1, 0.15) is 28.9 Å². The molecule has 4 rings (SSSR count). The molecule has 0 radical (unpaired) electrons. The Hall–Kier alpha value is -2.61. The maximum Gasteiger partial charge on any atom is 0.196 e. The summed E-state index contributed by atoms with van der Waals surface area (Å²) in [5.74, 6) is 0.769. The minimum Gasteiger partial charge on any atom is -0.456 e. The Morgan fingerprint density at radius 3 is 2.68 bits per heavy atom. The first-order valence-corrected chi connectivity index (χ1v) is 7.55. The third-order valence-electron chi connectivity index (χ3n) is 4.22. The third kappa shape index (κ3) is 2.08. The Kier molecular flexibility index (Phi) is 2.97. The summed E-state index contributed by atoms with van der Waals surface area (Å²) in [6.07, 6.45) is 3.74. The Morgan fingerprint density at radius 2 is 1.86 bits per heavy atom. The Balaban J connectivity index is 1.92. The molecule has 0 saturated heterocycles. The van der Waals surface area contributed by atoms with Gasteiger partial charge in [0, 0.05) is 5.56 Å². The van der Waals surface area contributed by atoms with Crippen LogP contribution in [0.3, 0.4) is 0 Å². The second kappa shape index (κ2) is 4.99. The lowest BCUT2D eigenvalue weighted by Gasteiger charge is -2.04. The summed E-state index contributed by atoms with van der Waals surface area (Å²) in [5, 5.41) is 0.694. The Labute approximate surface area is 128 Å². The van der Waals surface area contributed by atoms with Crippen LogP contribution in [0.2, 0.25) is 0 Å². The predicted octanol–water partition coefficient (Wildman–Crippen LogP) is 4.59. The number of benzene rings is 2. The third-order valence-corrected chi connectivity index (χ3v) is 4.22. The lowest BCUT2D eigenvalue weighted by atomic mass is 10.1. The second-order valence-electron chi connectivity index (χ2n) is 5.82. The molecule has 0 atom stereocenters. The van der Waals surface area contributed by atoms with Crippen molar-refractivity contribution < 1.29 is 4.42 Å². The zero-order valence-electron chi connectivity index (χ0n) is 12.4. The van der Waals surface area contributed by atoms with Gasteiger partial charge in [0.25, 0.3) is 0 Å². The highest BCUT2D eigenvalue weighted by Crippen LogP contribution is 2.34. The molecule has 0 aliphatic heterocycles. The van der Waals surface area contributed by atoms with Gasteiger partial charge in [-0.2, -0.15) is 0 Å². The quantitative estimate of drug-likeness (QED) is 0.655. The summed E-state index contributed by atoms with van der Waals surface area (Å²) in [4.78, 5) is 12.7. The van der Waals surface area contributed by atoms with Gasteiger partial charge in [-0.3, -0.25) is 4.79 Å². The maximum absolute atomic E-state index is 12.7. The summed E-state index contributed by atoms with van der Waals surface area (Å²) in [6, 6.07) is 15.9. The highest BCUT2D eigenvalue weighted by atomic mass is 16.3. The molecule has 2 aromatic carbocycles. The molecule has 2 nitrogen and oxygen atoms in total. The van der Waals surface area contributed by atoms with Crippen LogP contribution in [0.25, 0.3) is 22.6 Å². The largest absolute Gasteiger partial charge is 0.456 e. The van der Waals surface area contributed by atoms with Crippen LogP contribution >= 0.6 is 0 Å². The summed E-state index contributed by atoms with van der Waals surface area (Å²) < 4.78 is 6.06. The van der Waals surface area contributed by atoms with Crippen LogP contribution in [0.4, 0.5) is 0 Å². The van der Waals surface area contributed by atoms with Crippen molar-refractivity contribution in [2.24, 2.45) is 0 Å². The van der Waals surface area contributed by atoms with Crippen LogP contribution < -0.4 is 5.43 Å². The van der Waals surface area contributed by atoms with E-state index in [9.17, 15) is 4.79 Å². The van der Waals surface area contributed by atoms with Gasteiger partial charge in [-0.15, -0.1) is 0 Å². The van der Waals surface area contributed by atoms with Crippen molar-refractivity contribution in [2.45, 2.75) is 19.8 Å². The minimum absolute atomic E-state index is 0.122. The summed E-state index contributed by atoms with van der Waals surface area (Å²) in [7, 11) is 0. The van der Waals surface area contributed by atoms with Gasteiger partial charge in [-0.1, -0.05) is 42.0 Å². The molecule has 22 heavy (non-hydrogen) atoms. The van der Waals surface area contributed by atoms with Crippen molar-refractivity contribution >= 4 is 22.6 Å². The zero-order valence-corrected chi connectivity index (χ0v) is 12.4. The van der Waals surface area contributed by atoms with E-state index in [1.807, 2.05) is 43.3 Å². The average molecular weight is 288 g/mol. The highest BCUT2D eigenvalue weighted by Gasteiger charge is 2.23. The van der Waals surface area contributed by atoms with E-state index in [0.717, 1.165) is 40.9 Å². The predicted molar refractivity (Wildman–Crippen MR) is 89.9 cm³/mol. The van der Waals surface area contributed by atoms with E-state index < -0.39 is 0 Å². The van der Waals surface area contributed by atoms with Gasteiger partial charge >= 0.3 is 0 Å². The van der Waals surface area contributed by atoms with E-state index in [1.54, 1.807) is 0 Å². The number of hydrogen-bond donors (Lipinski definition) is 0. The van der Waals surface area contributed by atoms with Gasteiger partial charge in [0.2, 0.25) is 0 Å². The topological polar surface area (TPSA) is 30.2 Å². The fourth-order valence-corrected chi connectivity index (χ4v) is 3.10. The van der Waals surface area contributed by atoms with Crippen molar-refractivity contribution in [3.63, 3.8) is 0 Å². The molecular formula is C20H16O2. The van der Waals surface area contributed by atoms with E-state index in [4.69, 9.17) is 4.42 Å². The number of hydrogen-bond acceptors (Lipinski definition) is 2. The van der Waals surface area contributed by atoms with Crippen molar-refractivity contribution in [3.8, 4) is 0 Å². The molecular weight excluding hydrogens is 272 g/mol. The van der Waals surface area contributed by atoms with Gasteiger partial charge in [0.15, 0.2) is 5.43 Å². The van der Waals surface area contributed by atoms with Crippen LogP contribution in [0, 0.1) is 6.92 Å². The monoisotopic (exact) mass is 288 g/mol. The van der Waals surface area contributed by atoms with E-state index in [2.05, 4.69) is 18.2 Å². The first-order valence-electron chi connectivity index (χ1n) is 7.55. The fourth-order valence-electron chi connectivity index (χ4n) is 3.10. The van der Waals surface area contributed by atoms with Crippen LogP contribution in [-0.2, 0) is 6.42 Å². The standard InChI is InChI=1S/C20H16O2/c1-13-7-10-18-17(11-13)19(21)16-9-8-15(20(16)22-18)12-14-5-3-2-4-6-14/h2-7,10-12H,8-9H2,1H3. The van der Waals surface area contributed by atoms with Gasteiger partial charge in [-0.05, 0) is 49.1 Å². The SMILES string of the molecule is Cc1ccc2oc3c(c(=O)c2c1)CCC3=Cc1ccccc1. The number of aryl methyl sites for hydroxylation is 1. The second-order valence-corrected chi connectivity index (χ2v) is 5.82. The average Bonchev–Trinajstić information content (AvgIpc) is 2.93. The number of rotatable bonds is 1. The Morgan fingerprint density at radius 1 is 1.05 bits per heavy atom. The molecule has 0 unspecified atom stereocenters. The molecule has 1 heterocycles. The van der Waals surface area contributed by atoms with Crippen LogP contribution in [0.5, 0.6) is 0 Å². The van der Waals surface area contributed by atoms with Crippen LogP contribution in [-0.4, -0.2) is 0 Å². The molecule has 0 saturated carbocycles. The molecule has 0 N–H and O–H groups in total. The number of allylic oxidation sites excluding steroid dienone is 1. The van der Waals surface area contributed by atoms with E-state index in [0.29, 0.717) is 11.0 Å². The van der Waals surface area contributed by atoms with Gasteiger partial charge in [0.1, 0.15) is 11.3 Å². The Bertz CT molecular complexity index is 947. The van der Waals surface area contributed by atoms with Crippen molar-refractivity contribution in [1.82, 2.24) is 0 Å². The first-order chi connectivity index (χ1) is 10.7. The molecule has 108 valence electrons. The lowest BCUT2D eigenvalue weighted by molar-refractivity contribution is 0.585. The molecule has 2 heteroatoms. The van der Waals surface area contributed by atoms with Gasteiger partial charge in [0.05, 0.1) is 5.39 Å². The molecule has 1 aromatic heterocycles. The first kappa shape index (κ1) is 13.1. The minimum atomic E-state index is 0.122. The molecule has 0 fully saturated rings. The van der Waals surface area contributed by atoms with Gasteiger partial charge in [-0.25, -0.2) is 0 Å². The molecule has 0 amide bonds. The van der Waals surface area contributed by atoms with E-state index >= 15 is 0 Å². The summed E-state index contributed by atoms with van der Waals surface area (Å²) in [6.45, 7) is 1.99. The maximum atomic E-state index is 12.7. The summed E-state index contributed by atoms with van der Waals surface area (Å²) in [5.41, 5.74) is 4.95. The lowest BCUT2D eigenvalue weighted by Crippen LogP contribution is -2.08. The van der Waals surface area contributed by atoms with E-state index in [1.165, 1.54) is 0 Å². The van der Waals surface area contributed by atoms with Crippen molar-refractivity contribution in [1.29, 1.82) is 0 Å². The molecule has 0 spiro atoms. The fraction of sp³-hybridized carbons (Fsp3) is 0.150. The molecule has 3 aromatic rings. The molecule has 1 aliphatic rings. The van der Waals surface area contributed by atoms with E-state index in [-0.39, 0.29) is 5.43 Å². The molecule has 1 aliphatic carbocycles. The van der Waals surface area contributed by atoms with Crippen molar-refractivity contribution in [2.75, 3.05) is 0 Å². The normalized spacial score (nSPS) is 15.4. The molecule has 0 bridgehead atoms. The highest BCUT2D eigenvalue weighted by molar-refractivity contribution is 5.87. The van der Waals surface area contributed by atoms with Crippen molar-refractivity contribution in [3.05, 3.63) is 81.2 Å². The summed E-state index contributed by atoms with van der Waals surface area (Å²) >= 11 is 0.